The number of ketones is 1. The average molecular weight is 330 g/mol. The standard InChI is InChI=1S/C17H19FN4O2/c1-8-13(9(2)22-17(19)21-8)6-14(10(3)23)12-5-15(18)16(11(4)24)20-7-12/h5-7,11,24H,1-4H3,(H2,19,21,22)/b14-6+. The van der Waals surface area contributed by atoms with Crippen LogP contribution in [-0.2, 0) is 4.79 Å². The predicted molar refractivity (Wildman–Crippen MR) is 89.3 cm³/mol. The quantitative estimate of drug-likeness (QED) is 0.835. The number of carbonyl (C=O) groups is 1. The molecule has 1 unspecified atom stereocenters. The summed E-state index contributed by atoms with van der Waals surface area (Å²) in [6.07, 6.45) is 1.94. The van der Waals surface area contributed by atoms with Crippen molar-refractivity contribution in [2.24, 2.45) is 0 Å². The molecular formula is C17H19FN4O2. The summed E-state index contributed by atoms with van der Waals surface area (Å²) in [5.74, 6) is -0.770. The third-order valence-corrected chi connectivity index (χ3v) is 3.59. The predicted octanol–water partition coefficient (Wildman–Crippen LogP) is 2.39. The molecule has 0 aliphatic rings. The highest BCUT2D eigenvalue weighted by atomic mass is 19.1. The lowest BCUT2D eigenvalue weighted by atomic mass is 9.99. The molecule has 3 N–H and O–H groups in total. The molecule has 0 saturated heterocycles. The molecule has 6 nitrogen and oxygen atoms in total. The van der Waals surface area contributed by atoms with Gasteiger partial charge >= 0.3 is 0 Å². The number of hydrogen-bond acceptors (Lipinski definition) is 6. The van der Waals surface area contributed by atoms with Crippen molar-refractivity contribution >= 4 is 23.4 Å². The molecule has 7 heteroatoms. The number of aliphatic hydroxyl groups is 1. The van der Waals surface area contributed by atoms with Crippen LogP contribution in [-0.4, -0.2) is 25.8 Å². The number of pyridine rings is 1. The smallest absolute Gasteiger partial charge is 0.220 e. The van der Waals surface area contributed by atoms with Crippen molar-refractivity contribution in [3.05, 3.63) is 46.3 Å². The van der Waals surface area contributed by atoms with Gasteiger partial charge < -0.3 is 10.8 Å². The first-order valence-corrected chi connectivity index (χ1v) is 7.38. The minimum absolute atomic E-state index is 0.0650. The Morgan fingerprint density at radius 2 is 1.92 bits per heavy atom. The molecule has 2 aromatic rings. The number of aromatic nitrogens is 3. The van der Waals surface area contributed by atoms with Crippen LogP contribution < -0.4 is 5.73 Å². The molecule has 1 atom stereocenters. The van der Waals surface area contributed by atoms with Crippen molar-refractivity contribution in [3.8, 4) is 0 Å². The van der Waals surface area contributed by atoms with Gasteiger partial charge in [0.15, 0.2) is 5.78 Å². The summed E-state index contributed by atoms with van der Waals surface area (Å²) in [6.45, 7) is 6.31. The highest BCUT2D eigenvalue weighted by Crippen LogP contribution is 2.24. The van der Waals surface area contributed by atoms with Gasteiger partial charge in [0.05, 0.1) is 17.5 Å². The number of aliphatic hydroxyl groups excluding tert-OH is 1. The molecule has 2 rings (SSSR count). The highest BCUT2D eigenvalue weighted by Gasteiger charge is 2.16. The van der Waals surface area contributed by atoms with Crippen molar-refractivity contribution < 1.29 is 14.3 Å². The molecule has 24 heavy (non-hydrogen) atoms. The highest BCUT2D eigenvalue weighted by molar-refractivity contribution is 6.24. The van der Waals surface area contributed by atoms with Crippen LogP contribution in [0.15, 0.2) is 12.3 Å². The third-order valence-electron chi connectivity index (χ3n) is 3.59. The van der Waals surface area contributed by atoms with Crippen molar-refractivity contribution in [2.75, 3.05) is 5.73 Å². The molecule has 126 valence electrons. The van der Waals surface area contributed by atoms with E-state index in [0.29, 0.717) is 22.5 Å². The Hall–Kier alpha value is -2.67. The van der Waals surface area contributed by atoms with Crippen molar-refractivity contribution in [1.29, 1.82) is 0 Å². The van der Waals surface area contributed by atoms with E-state index in [2.05, 4.69) is 15.0 Å². The second-order valence-corrected chi connectivity index (χ2v) is 5.55. The Morgan fingerprint density at radius 3 is 2.38 bits per heavy atom. The van der Waals surface area contributed by atoms with E-state index in [4.69, 9.17) is 5.73 Å². The van der Waals surface area contributed by atoms with Crippen LogP contribution in [0.2, 0.25) is 0 Å². The summed E-state index contributed by atoms with van der Waals surface area (Å²) in [7, 11) is 0. The zero-order valence-electron chi connectivity index (χ0n) is 14.0. The molecule has 2 heterocycles. The largest absolute Gasteiger partial charge is 0.387 e. The summed E-state index contributed by atoms with van der Waals surface area (Å²) >= 11 is 0. The molecule has 0 fully saturated rings. The normalized spacial score (nSPS) is 13.0. The van der Waals surface area contributed by atoms with Gasteiger partial charge in [0, 0.05) is 22.9 Å². The second-order valence-electron chi connectivity index (χ2n) is 5.55. The lowest BCUT2D eigenvalue weighted by molar-refractivity contribution is -0.111. The Balaban J connectivity index is 2.59. The molecule has 0 saturated carbocycles. The summed E-state index contributed by atoms with van der Waals surface area (Å²) in [4.78, 5) is 24.1. The molecule has 0 amide bonds. The SMILES string of the molecule is CC(=O)/C(=C\c1c(C)nc(N)nc1C)c1cnc(C(C)O)c(F)c1. The first-order valence-electron chi connectivity index (χ1n) is 7.38. The van der Waals surface area contributed by atoms with Gasteiger partial charge in [-0.25, -0.2) is 14.4 Å². The number of allylic oxidation sites excluding steroid dienone is 1. The number of anilines is 1. The fourth-order valence-corrected chi connectivity index (χ4v) is 2.40. The zero-order valence-corrected chi connectivity index (χ0v) is 14.0. The summed E-state index contributed by atoms with van der Waals surface area (Å²) in [6, 6.07) is 1.19. The maximum atomic E-state index is 14.1. The number of nitrogens with zero attached hydrogens (tertiary/aromatic N) is 3. The molecule has 0 aliphatic heterocycles. The van der Waals surface area contributed by atoms with Crippen LogP contribution in [0.1, 0.15) is 48.2 Å². The van der Waals surface area contributed by atoms with Gasteiger partial charge in [0.2, 0.25) is 5.95 Å². The summed E-state index contributed by atoms with van der Waals surface area (Å²) in [5, 5.41) is 9.46. The topological polar surface area (TPSA) is 102 Å². The average Bonchev–Trinajstić information content (AvgIpc) is 2.45. The van der Waals surface area contributed by atoms with Gasteiger partial charge in [-0.1, -0.05) is 0 Å². The van der Waals surface area contributed by atoms with E-state index in [-0.39, 0.29) is 23.0 Å². The first kappa shape index (κ1) is 17.7. The number of carbonyl (C=O) groups excluding carboxylic acids is 1. The number of hydrogen-bond donors (Lipinski definition) is 2. The second kappa shape index (κ2) is 6.84. The number of halogens is 1. The molecule has 0 radical (unpaired) electrons. The Labute approximate surface area is 139 Å². The molecule has 0 spiro atoms. The van der Waals surface area contributed by atoms with E-state index in [0.717, 1.165) is 0 Å². The minimum Gasteiger partial charge on any atom is -0.387 e. The molecule has 0 aromatic carbocycles. The van der Waals surface area contributed by atoms with Crippen molar-refractivity contribution in [2.45, 2.75) is 33.8 Å². The maximum Gasteiger partial charge on any atom is 0.220 e. The number of Topliss-reactive ketones (excluding diaryl/α,β-unsaturated/α-hetero) is 1. The number of nitrogens with two attached hydrogens (primary N) is 1. The molecule has 2 aromatic heterocycles. The maximum absolute atomic E-state index is 14.1. The van der Waals surface area contributed by atoms with Crippen LogP contribution in [0.25, 0.3) is 11.6 Å². The Bertz CT molecular complexity index is 808. The fourth-order valence-electron chi connectivity index (χ4n) is 2.40. The van der Waals surface area contributed by atoms with E-state index >= 15 is 0 Å². The summed E-state index contributed by atoms with van der Waals surface area (Å²) in [5.41, 5.74) is 8.02. The van der Waals surface area contributed by atoms with Gasteiger partial charge in [-0.2, -0.15) is 0 Å². The number of nitrogen functional groups attached to an aromatic ring is 1. The number of aryl methyl sites for hydroxylation is 2. The van der Waals surface area contributed by atoms with Gasteiger partial charge in [-0.05, 0) is 39.8 Å². The van der Waals surface area contributed by atoms with E-state index < -0.39 is 11.9 Å². The van der Waals surface area contributed by atoms with Crippen LogP contribution >= 0.6 is 0 Å². The van der Waals surface area contributed by atoms with E-state index in [9.17, 15) is 14.3 Å². The monoisotopic (exact) mass is 330 g/mol. The van der Waals surface area contributed by atoms with Crippen molar-refractivity contribution in [1.82, 2.24) is 15.0 Å². The van der Waals surface area contributed by atoms with Gasteiger partial charge in [-0.3, -0.25) is 9.78 Å². The first-order chi connectivity index (χ1) is 11.2. The van der Waals surface area contributed by atoms with Gasteiger partial charge in [0.1, 0.15) is 11.5 Å². The van der Waals surface area contributed by atoms with Crippen LogP contribution in [0.3, 0.4) is 0 Å². The third kappa shape index (κ3) is 3.62. The minimum atomic E-state index is -1.03. The zero-order chi connectivity index (χ0) is 18.0. The Morgan fingerprint density at radius 1 is 1.33 bits per heavy atom. The van der Waals surface area contributed by atoms with Crippen molar-refractivity contribution in [3.63, 3.8) is 0 Å². The Kier molecular flexibility index (Phi) is 5.04. The molecule has 0 bridgehead atoms. The summed E-state index contributed by atoms with van der Waals surface area (Å²) < 4.78 is 14.1. The van der Waals surface area contributed by atoms with Crippen LogP contribution in [0.4, 0.5) is 10.3 Å². The van der Waals surface area contributed by atoms with Gasteiger partial charge in [0.25, 0.3) is 0 Å². The molecule has 0 aliphatic carbocycles. The number of rotatable bonds is 4. The van der Waals surface area contributed by atoms with E-state index in [1.807, 2.05) is 0 Å². The fraction of sp³-hybridized carbons (Fsp3) is 0.294. The lowest BCUT2D eigenvalue weighted by Gasteiger charge is -2.10. The van der Waals surface area contributed by atoms with E-state index in [1.165, 1.54) is 26.1 Å². The lowest BCUT2D eigenvalue weighted by Crippen LogP contribution is -2.05. The molecular weight excluding hydrogens is 311 g/mol. The van der Waals surface area contributed by atoms with E-state index in [1.54, 1.807) is 19.9 Å². The van der Waals surface area contributed by atoms with Gasteiger partial charge in [-0.15, -0.1) is 0 Å². The van der Waals surface area contributed by atoms with Crippen LogP contribution in [0.5, 0.6) is 0 Å². The van der Waals surface area contributed by atoms with Crippen LogP contribution in [0, 0.1) is 19.7 Å².